The highest BCUT2D eigenvalue weighted by molar-refractivity contribution is 6.74. The molecule has 0 unspecified atom stereocenters. The number of rotatable bonds is 10. The maximum absolute atomic E-state index is 14.2. The first-order chi connectivity index (χ1) is 19.6. The molecule has 11 heteroatoms. The summed E-state index contributed by atoms with van der Waals surface area (Å²) in [7, 11) is -2.05. The van der Waals surface area contributed by atoms with Gasteiger partial charge in [-0.25, -0.2) is 4.79 Å². The number of hydrogen-bond donors (Lipinski definition) is 3. The Kier molecular flexibility index (Phi) is 11.9. The molecule has 1 aliphatic rings. The van der Waals surface area contributed by atoms with Crippen molar-refractivity contribution in [2.75, 3.05) is 13.2 Å². The monoisotopic (exact) mass is 635 g/mol. The molecule has 1 aromatic carbocycles. The van der Waals surface area contributed by atoms with E-state index in [-0.39, 0.29) is 24.5 Å². The van der Waals surface area contributed by atoms with E-state index in [0.29, 0.717) is 29.2 Å². The van der Waals surface area contributed by atoms with Crippen molar-refractivity contribution in [2.24, 2.45) is 5.41 Å². The summed E-state index contributed by atoms with van der Waals surface area (Å²) < 4.78 is 11.9. The van der Waals surface area contributed by atoms with Crippen molar-refractivity contribution < 1.29 is 28.7 Å². The van der Waals surface area contributed by atoms with Gasteiger partial charge in [0, 0.05) is 36.7 Å². The topological polar surface area (TPSA) is 117 Å². The number of terminal acetylenes is 1. The van der Waals surface area contributed by atoms with Crippen LogP contribution >= 0.6 is 11.6 Å². The molecule has 3 amide bonds. The fraction of sp³-hybridized carbons (Fsp3) is 0.656. The van der Waals surface area contributed by atoms with Gasteiger partial charge in [0.15, 0.2) is 8.32 Å². The standard InChI is InChI=1S/C32H50ClN3O6Si/c1-12-21-13-14-22(24(33)17-21)19-34-27(38)25-18-23(37)20-36(25)28(39)26(35-29(40)42-30(2,3)4)32(8,9)15-16-41-43(10,11)31(5,6)7/h1,13-14,17,23,25-26,37H,15-16,18-20H2,2-11H3,(H,34,38)(H,35,40)/t23-,25+,26-/m1/s1. The van der Waals surface area contributed by atoms with Gasteiger partial charge >= 0.3 is 6.09 Å². The van der Waals surface area contributed by atoms with E-state index in [1.807, 2.05) is 13.8 Å². The summed E-state index contributed by atoms with van der Waals surface area (Å²) in [5.74, 6) is 1.61. The quantitative estimate of drug-likeness (QED) is 0.239. The summed E-state index contributed by atoms with van der Waals surface area (Å²) in [6.07, 6.45) is 4.32. The zero-order chi connectivity index (χ0) is 33.0. The van der Waals surface area contributed by atoms with Crippen LogP contribution < -0.4 is 10.6 Å². The zero-order valence-electron chi connectivity index (χ0n) is 27.4. The van der Waals surface area contributed by atoms with Gasteiger partial charge in [-0.1, -0.05) is 58.2 Å². The minimum absolute atomic E-state index is 0.0149. The fourth-order valence-electron chi connectivity index (χ4n) is 4.50. The zero-order valence-corrected chi connectivity index (χ0v) is 29.1. The molecular weight excluding hydrogens is 586 g/mol. The number of benzene rings is 1. The number of carbonyl (C=O) groups excluding carboxylic acids is 3. The van der Waals surface area contributed by atoms with E-state index in [0.717, 1.165) is 0 Å². The molecule has 1 aromatic rings. The second-order valence-corrected chi connectivity index (χ2v) is 19.7. The molecule has 1 heterocycles. The van der Waals surface area contributed by atoms with Gasteiger partial charge in [0.25, 0.3) is 0 Å². The molecule has 0 radical (unpaired) electrons. The van der Waals surface area contributed by atoms with Crippen LogP contribution in [0.4, 0.5) is 4.79 Å². The average molecular weight is 636 g/mol. The Morgan fingerprint density at radius 2 is 1.79 bits per heavy atom. The van der Waals surface area contributed by atoms with Gasteiger partial charge in [-0.3, -0.25) is 9.59 Å². The Morgan fingerprint density at radius 1 is 1.16 bits per heavy atom. The van der Waals surface area contributed by atoms with E-state index >= 15 is 0 Å². The minimum atomic E-state index is -2.05. The molecule has 9 nitrogen and oxygen atoms in total. The normalized spacial score (nSPS) is 18.5. The Morgan fingerprint density at radius 3 is 2.33 bits per heavy atom. The lowest BCUT2D eigenvalue weighted by Gasteiger charge is -2.40. The summed E-state index contributed by atoms with van der Waals surface area (Å²) in [4.78, 5) is 41.8. The number of hydrogen-bond acceptors (Lipinski definition) is 6. The van der Waals surface area contributed by atoms with Gasteiger partial charge < -0.3 is 29.8 Å². The number of nitrogens with one attached hydrogen (secondary N) is 2. The smallest absolute Gasteiger partial charge is 0.408 e. The molecule has 2 rings (SSSR count). The Hall–Kier alpha value is -2.58. The molecule has 1 aliphatic heterocycles. The van der Waals surface area contributed by atoms with Crippen molar-refractivity contribution in [3.8, 4) is 12.3 Å². The Labute approximate surface area is 263 Å². The highest BCUT2D eigenvalue weighted by atomic mass is 35.5. The number of β-amino-alcohol motifs (C(OH)–C–C–N with tert-alkyl or cyclic N) is 1. The highest BCUT2D eigenvalue weighted by Crippen LogP contribution is 2.38. The van der Waals surface area contributed by atoms with Gasteiger partial charge in [-0.2, -0.15) is 0 Å². The molecule has 1 fully saturated rings. The van der Waals surface area contributed by atoms with Crippen LogP contribution in [0.15, 0.2) is 18.2 Å². The van der Waals surface area contributed by atoms with E-state index in [9.17, 15) is 19.5 Å². The molecule has 0 saturated carbocycles. The second-order valence-electron chi connectivity index (χ2n) is 14.5. The first-order valence-electron chi connectivity index (χ1n) is 14.7. The van der Waals surface area contributed by atoms with E-state index in [1.54, 1.807) is 39.0 Å². The molecule has 1 saturated heterocycles. The summed E-state index contributed by atoms with van der Waals surface area (Å²) in [6.45, 7) is 20.2. The molecular formula is C32H50ClN3O6Si. The van der Waals surface area contributed by atoms with Crippen LogP contribution in [0.3, 0.4) is 0 Å². The third kappa shape index (κ3) is 10.2. The SMILES string of the molecule is C#Cc1ccc(CNC(=O)[C@@H]2C[C@@H](O)CN2C(=O)[C@@H](NC(=O)OC(C)(C)C)C(C)(C)CCO[Si](C)(C)C(C)(C)C)c(Cl)c1. The van der Waals surface area contributed by atoms with Crippen molar-refractivity contribution in [2.45, 2.75) is 117 Å². The van der Waals surface area contributed by atoms with Crippen LogP contribution in [0.5, 0.6) is 0 Å². The van der Waals surface area contributed by atoms with Crippen LogP contribution in [0.2, 0.25) is 23.2 Å². The molecule has 3 N–H and O–H groups in total. The largest absolute Gasteiger partial charge is 0.444 e. The van der Waals surface area contributed by atoms with E-state index in [2.05, 4.69) is 50.4 Å². The Balaban J connectivity index is 2.28. The number of aliphatic hydroxyl groups excluding tert-OH is 1. The molecule has 3 atom stereocenters. The molecule has 0 aliphatic carbocycles. The summed E-state index contributed by atoms with van der Waals surface area (Å²) in [6, 6.07) is 3.12. The lowest BCUT2D eigenvalue weighted by atomic mass is 9.80. The summed E-state index contributed by atoms with van der Waals surface area (Å²) in [5.41, 5.74) is -0.273. The summed E-state index contributed by atoms with van der Waals surface area (Å²) in [5, 5.41) is 16.6. The lowest BCUT2D eigenvalue weighted by molar-refractivity contribution is -0.142. The van der Waals surface area contributed by atoms with Crippen LogP contribution in [0.25, 0.3) is 0 Å². The van der Waals surface area contributed by atoms with Gasteiger partial charge in [0.05, 0.1) is 6.10 Å². The van der Waals surface area contributed by atoms with Gasteiger partial charge in [-0.05, 0) is 68.4 Å². The van der Waals surface area contributed by atoms with Gasteiger partial charge in [0.1, 0.15) is 17.7 Å². The third-order valence-corrected chi connectivity index (χ3v) is 13.1. The molecule has 43 heavy (non-hydrogen) atoms. The van der Waals surface area contributed by atoms with Crippen LogP contribution in [-0.4, -0.2) is 73.2 Å². The molecule has 240 valence electrons. The lowest BCUT2D eigenvalue weighted by Crippen LogP contribution is -2.59. The van der Waals surface area contributed by atoms with Crippen LogP contribution in [0, 0.1) is 17.8 Å². The maximum Gasteiger partial charge on any atom is 0.408 e. The summed E-state index contributed by atoms with van der Waals surface area (Å²) >= 11 is 6.32. The number of likely N-dealkylation sites (tertiary alicyclic amines) is 1. The molecule has 0 aromatic heterocycles. The number of aliphatic hydroxyl groups is 1. The first-order valence-corrected chi connectivity index (χ1v) is 18.0. The number of nitrogens with zero attached hydrogens (tertiary/aromatic N) is 1. The predicted octanol–water partition coefficient (Wildman–Crippen LogP) is 5.23. The van der Waals surface area contributed by atoms with Crippen molar-refractivity contribution in [1.29, 1.82) is 0 Å². The van der Waals surface area contributed by atoms with Gasteiger partial charge in [-0.15, -0.1) is 6.42 Å². The second kappa shape index (κ2) is 14.0. The van der Waals surface area contributed by atoms with E-state index in [1.165, 1.54) is 4.90 Å². The third-order valence-electron chi connectivity index (χ3n) is 8.24. The van der Waals surface area contributed by atoms with Gasteiger partial charge in [0.2, 0.25) is 11.8 Å². The number of alkyl carbamates (subject to hydrolysis) is 1. The van der Waals surface area contributed by atoms with Crippen molar-refractivity contribution in [3.05, 3.63) is 34.3 Å². The van der Waals surface area contributed by atoms with E-state index < -0.39 is 55.4 Å². The number of carbonyl (C=O) groups is 3. The number of ether oxygens (including phenoxy) is 1. The van der Waals surface area contributed by atoms with E-state index in [4.69, 9.17) is 27.2 Å². The van der Waals surface area contributed by atoms with Crippen LogP contribution in [-0.2, 0) is 25.3 Å². The fourth-order valence-corrected chi connectivity index (χ4v) is 5.79. The van der Waals surface area contributed by atoms with Crippen molar-refractivity contribution in [1.82, 2.24) is 15.5 Å². The minimum Gasteiger partial charge on any atom is -0.444 e. The number of amides is 3. The average Bonchev–Trinajstić information content (AvgIpc) is 3.25. The predicted molar refractivity (Wildman–Crippen MR) is 172 cm³/mol. The highest BCUT2D eigenvalue weighted by Gasteiger charge is 2.46. The van der Waals surface area contributed by atoms with Crippen LogP contribution in [0.1, 0.15) is 79.4 Å². The molecule has 0 bridgehead atoms. The van der Waals surface area contributed by atoms with Crippen molar-refractivity contribution in [3.63, 3.8) is 0 Å². The molecule has 0 spiro atoms. The maximum atomic E-state index is 14.2. The first kappa shape index (κ1) is 36.6. The van der Waals surface area contributed by atoms with Crippen molar-refractivity contribution >= 4 is 37.8 Å². The Bertz CT molecular complexity index is 1210. The number of halogens is 1.